The van der Waals surface area contributed by atoms with E-state index in [0.717, 1.165) is 44.0 Å². The highest BCUT2D eigenvalue weighted by Crippen LogP contribution is 2.46. The molecule has 2 aromatic heterocycles. The quantitative estimate of drug-likeness (QED) is 0.142. The van der Waals surface area contributed by atoms with E-state index in [9.17, 15) is 0 Å². The van der Waals surface area contributed by atoms with Gasteiger partial charge in [-0.25, -0.2) is 4.98 Å². The van der Waals surface area contributed by atoms with Gasteiger partial charge in [0.05, 0.1) is 22.9 Å². The van der Waals surface area contributed by atoms with E-state index in [1.165, 1.54) is 97.9 Å². The van der Waals surface area contributed by atoms with E-state index < -0.39 is 0 Å². The van der Waals surface area contributed by atoms with Gasteiger partial charge in [0.15, 0.2) is 0 Å². The fourth-order valence-electron chi connectivity index (χ4n) is 10.8. The second kappa shape index (κ2) is 17.8. The summed E-state index contributed by atoms with van der Waals surface area (Å²) in [4.78, 5) is 10.8. The summed E-state index contributed by atoms with van der Waals surface area (Å²) < 4.78 is 2.52. The van der Waals surface area contributed by atoms with E-state index in [4.69, 9.17) is 9.97 Å². The Kier molecular flexibility index (Phi) is 10.4. The van der Waals surface area contributed by atoms with Crippen LogP contribution in [-0.2, 0) is 0 Å². The minimum atomic E-state index is 0.838. The third-order valence-electron chi connectivity index (χ3n) is 14.5. The molecule has 12 aromatic carbocycles. The Hall–Kier alpha value is -9.28. The van der Waals surface area contributed by atoms with E-state index in [-0.39, 0.29) is 0 Å². The van der Waals surface area contributed by atoms with Crippen LogP contribution in [0.2, 0.25) is 0 Å². The molecule has 0 atom stereocenters. The highest BCUT2D eigenvalue weighted by molar-refractivity contribution is 7.26. The predicted molar refractivity (Wildman–Crippen MR) is 311 cm³/mol. The van der Waals surface area contributed by atoms with Gasteiger partial charge in [0.25, 0.3) is 0 Å². The third kappa shape index (κ3) is 7.75. The van der Waals surface area contributed by atoms with Crippen molar-refractivity contribution in [2.75, 3.05) is 0 Å². The van der Waals surface area contributed by atoms with Crippen LogP contribution in [0.1, 0.15) is 0 Å². The van der Waals surface area contributed by atoms with Crippen molar-refractivity contribution in [3.8, 4) is 89.1 Å². The van der Waals surface area contributed by atoms with Crippen molar-refractivity contribution in [2.45, 2.75) is 0 Å². The minimum absolute atomic E-state index is 0.838. The predicted octanol–water partition coefficient (Wildman–Crippen LogP) is 19.6. The summed E-state index contributed by atoms with van der Waals surface area (Å²) in [6, 6.07) is 94.7. The summed E-state index contributed by atoms with van der Waals surface area (Å²) >= 11 is 1.87. The van der Waals surface area contributed by atoms with Crippen molar-refractivity contribution >= 4 is 64.1 Å². The summed E-state index contributed by atoms with van der Waals surface area (Å²) in [7, 11) is 0. The Morgan fingerprint density at radius 2 is 0.644 bits per heavy atom. The summed E-state index contributed by atoms with van der Waals surface area (Å²) in [6.45, 7) is 0. The molecule has 0 spiro atoms. The zero-order chi connectivity index (χ0) is 48.2. The molecule has 14 rings (SSSR count). The Labute approximate surface area is 427 Å². The lowest BCUT2D eigenvalue weighted by atomic mass is 9.92. The van der Waals surface area contributed by atoms with E-state index in [2.05, 4.69) is 261 Å². The monoisotopic (exact) mass is 944 g/mol. The smallest absolute Gasteiger partial charge is 0.0979 e. The first-order chi connectivity index (χ1) is 36.1. The van der Waals surface area contributed by atoms with Crippen molar-refractivity contribution in [1.29, 1.82) is 0 Å². The fourth-order valence-corrected chi connectivity index (χ4v) is 12.0. The maximum absolute atomic E-state index is 5.55. The van der Waals surface area contributed by atoms with Crippen LogP contribution in [0.25, 0.3) is 142 Å². The van der Waals surface area contributed by atoms with Crippen LogP contribution < -0.4 is 0 Å². The molecule has 0 N–H and O–H groups in total. The number of hydrogen-bond acceptors (Lipinski definition) is 3. The van der Waals surface area contributed by atoms with E-state index in [0.29, 0.717) is 0 Å². The van der Waals surface area contributed by atoms with Gasteiger partial charge >= 0.3 is 0 Å². The van der Waals surface area contributed by atoms with Crippen molar-refractivity contribution in [2.24, 2.45) is 0 Å². The summed E-state index contributed by atoms with van der Waals surface area (Å²) in [5.41, 5.74) is 20.3. The number of hydrogen-bond donors (Lipinski definition) is 0. The Morgan fingerprint density at radius 3 is 1.21 bits per heavy atom. The van der Waals surface area contributed by atoms with Gasteiger partial charge in [-0.1, -0.05) is 206 Å². The van der Waals surface area contributed by atoms with Crippen LogP contribution in [0.4, 0.5) is 0 Å². The summed E-state index contributed by atoms with van der Waals surface area (Å²) in [5, 5.41) is 7.01. The lowest BCUT2D eigenvalue weighted by molar-refractivity contribution is 1.31. The second-order valence-electron chi connectivity index (χ2n) is 18.9. The number of benzene rings is 12. The average molecular weight is 945 g/mol. The van der Waals surface area contributed by atoms with Gasteiger partial charge < -0.3 is 0 Å². The molecule has 0 aliphatic heterocycles. The standard InChI is InChI=1S/C70H44N2S/c1-5-16-45(17-6-1)49-24-13-26-51(36-49)55-32-35-67-64(41-55)65-43-58(52-27-14-25-50(37-52)46-18-7-2-8-19-46)42-61(70(65)73-67)56-28-15-29-57(38-56)66-44-71-68-59-33-30-53(47-20-9-3-10-21-47)39-62(59)63-40-54(48-22-11-4-12-23-48)31-34-60(63)69(68)72-66/h1-44H. The van der Waals surface area contributed by atoms with Crippen molar-refractivity contribution in [3.05, 3.63) is 267 Å². The van der Waals surface area contributed by atoms with E-state index in [1.54, 1.807) is 0 Å². The average Bonchev–Trinajstić information content (AvgIpc) is 3.85. The first kappa shape index (κ1) is 42.6. The lowest BCUT2D eigenvalue weighted by Crippen LogP contribution is -1.93. The number of nitrogens with zero attached hydrogens (tertiary/aromatic N) is 2. The van der Waals surface area contributed by atoms with Gasteiger partial charge in [0.1, 0.15) is 0 Å². The maximum Gasteiger partial charge on any atom is 0.0979 e. The first-order valence-corrected chi connectivity index (χ1v) is 25.7. The molecule has 0 saturated carbocycles. The Bertz CT molecular complexity index is 4410. The number of thiophene rings is 1. The molecular formula is C70H44N2S. The number of fused-ring (bicyclic) bond motifs is 9. The minimum Gasteiger partial charge on any atom is -0.252 e. The Morgan fingerprint density at radius 1 is 0.247 bits per heavy atom. The molecule has 73 heavy (non-hydrogen) atoms. The topological polar surface area (TPSA) is 25.8 Å². The number of rotatable bonds is 8. The largest absolute Gasteiger partial charge is 0.252 e. The summed E-state index contributed by atoms with van der Waals surface area (Å²) in [6.07, 6.45) is 1.96. The molecule has 2 nitrogen and oxygen atoms in total. The molecule has 2 heterocycles. The molecule has 0 unspecified atom stereocenters. The maximum atomic E-state index is 5.55. The van der Waals surface area contributed by atoms with Crippen molar-refractivity contribution < 1.29 is 0 Å². The molecule has 14 aromatic rings. The van der Waals surface area contributed by atoms with Gasteiger partial charge in [-0.2, -0.15) is 0 Å². The van der Waals surface area contributed by atoms with Crippen LogP contribution >= 0.6 is 11.3 Å². The van der Waals surface area contributed by atoms with Gasteiger partial charge in [-0.3, -0.25) is 4.98 Å². The zero-order valence-electron chi connectivity index (χ0n) is 39.7. The molecular weight excluding hydrogens is 901 g/mol. The molecule has 0 saturated heterocycles. The van der Waals surface area contributed by atoms with Gasteiger partial charge in [-0.15, -0.1) is 11.3 Å². The molecule has 3 heteroatoms. The molecule has 0 aliphatic rings. The van der Waals surface area contributed by atoms with Crippen LogP contribution in [0.5, 0.6) is 0 Å². The van der Waals surface area contributed by atoms with Crippen LogP contribution in [0, 0.1) is 0 Å². The lowest BCUT2D eigenvalue weighted by Gasteiger charge is -2.14. The molecule has 0 amide bonds. The molecule has 0 fully saturated rings. The molecule has 0 bridgehead atoms. The van der Waals surface area contributed by atoms with Crippen LogP contribution in [-0.4, -0.2) is 9.97 Å². The SMILES string of the molecule is c1ccc(-c2cccc(-c3ccc4sc5c(-c6cccc(-c7cnc8c9ccc(-c%10ccccc%10)cc9c9cc(-c%10ccccc%10)ccc9c8n7)c6)cc(-c6cccc(-c7ccccc7)c6)cc5c4c3)c2)cc1. The summed E-state index contributed by atoms with van der Waals surface area (Å²) in [5.74, 6) is 0. The first-order valence-electron chi connectivity index (χ1n) is 24.9. The van der Waals surface area contributed by atoms with Gasteiger partial charge in [-0.05, 0) is 138 Å². The van der Waals surface area contributed by atoms with Crippen LogP contribution in [0.15, 0.2) is 267 Å². The molecule has 0 aliphatic carbocycles. The normalized spacial score (nSPS) is 11.6. The Balaban J connectivity index is 0.934. The second-order valence-corrected chi connectivity index (χ2v) is 19.9. The zero-order valence-corrected chi connectivity index (χ0v) is 40.5. The van der Waals surface area contributed by atoms with E-state index >= 15 is 0 Å². The van der Waals surface area contributed by atoms with Crippen LogP contribution in [0.3, 0.4) is 0 Å². The van der Waals surface area contributed by atoms with E-state index in [1.807, 2.05) is 17.5 Å². The molecule has 0 radical (unpaired) electrons. The highest BCUT2D eigenvalue weighted by atomic mass is 32.1. The fraction of sp³-hybridized carbons (Fsp3) is 0. The number of aromatic nitrogens is 2. The third-order valence-corrected chi connectivity index (χ3v) is 15.7. The van der Waals surface area contributed by atoms with Gasteiger partial charge in [0.2, 0.25) is 0 Å². The molecule has 340 valence electrons. The highest BCUT2D eigenvalue weighted by Gasteiger charge is 2.19. The van der Waals surface area contributed by atoms with Gasteiger partial charge in [0, 0.05) is 42.1 Å². The van der Waals surface area contributed by atoms with Crippen molar-refractivity contribution in [1.82, 2.24) is 9.97 Å². The van der Waals surface area contributed by atoms with Crippen molar-refractivity contribution in [3.63, 3.8) is 0 Å².